The van der Waals surface area contributed by atoms with Gasteiger partial charge in [-0.05, 0) is 42.0 Å². The van der Waals surface area contributed by atoms with E-state index in [1.54, 1.807) is 23.0 Å². The summed E-state index contributed by atoms with van der Waals surface area (Å²) in [6.07, 6.45) is 2.86. The zero-order chi connectivity index (χ0) is 19.1. The lowest BCUT2D eigenvalue weighted by Crippen LogP contribution is -2.28. The number of benzene rings is 1. The van der Waals surface area contributed by atoms with E-state index in [4.69, 9.17) is 14.5 Å². The number of fused-ring (bicyclic) bond motifs is 3. The van der Waals surface area contributed by atoms with Gasteiger partial charge in [-0.2, -0.15) is 0 Å². The Morgan fingerprint density at radius 2 is 2.07 bits per heavy atom. The zero-order valence-corrected chi connectivity index (χ0v) is 17.4. The Hall–Kier alpha value is -1.83. The third-order valence-corrected chi connectivity index (χ3v) is 6.71. The van der Waals surface area contributed by atoms with Crippen LogP contribution >= 0.6 is 23.1 Å². The Bertz CT molecular complexity index is 1040. The van der Waals surface area contributed by atoms with E-state index < -0.39 is 0 Å². The molecule has 0 N–H and O–H groups in total. The second kappa shape index (κ2) is 7.30. The summed E-state index contributed by atoms with van der Waals surface area (Å²) in [5, 5.41) is 1.44. The van der Waals surface area contributed by atoms with Crippen molar-refractivity contribution in [2.75, 3.05) is 13.4 Å². The summed E-state index contributed by atoms with van der Waals surface area (Å²) in [4.78, 5) is 20.3. The minimum atomic E-state index is -0.00331. The van der Waals surface area contributed by atoms with Gasteiger partial charge in [-0.3, -0.25) is 9.36 Å². The number of hydrogen-bond donors (Lipinski definition) is 0. The maximum Gasteiger partial charge on any atom is 0.267 e. The minimum absolute atomic E-state index is 0.00331. The Balaban J connectivity index is 1.93. The van der Waals surface area contributed by atoms with Gasteiger partial charge in [-0.1, -0.05) is 25.6 Å². The lowest BCUT2D eigenvalue weighted by Gasteiger charge is -2.26. The molecule has 5 nitrogen and oxygen atoms in total. The lowest BCUT2D eigenvalue weighted by atomic mass is 9.96. The Morgan fingerprint density at radius 3 is 2.70 bits per heavy atom. The largest absolute Gasteiger partial charge is 0.497 e. The quantitative estimate of drug-likeness (QED) is 0.482. The molecule has 1 aliphatic rings. The first-order chi connectivity index (χ1) is 13.0. The first kappa shape index (κ1) is 18.5. The van der Waals surface area contributed by atoms with Crippen LogP contribution in [0.4, 0.5) is 0 Å². The molecule has 142 valence electrons. The Morgan fingerprint density at radius 1 is 1.33 bits per heavy atom. The maximum absolute atomic E-state index is 13.5. The number of hydrogen-bond acceptors (Lipinski definition) is 6. The smallest absolute Gasteiger partial charge is 0.267 e. The fourth-order valence-electron chi connectivity index (χ4n) is 3.43. The number of thioether (sulfide) groups is 1. The average molecular weight is 403 g/mol. The molecule has 7 heteroatoms. The van der Waals surface area contributed by atoms with Crippen molar-refractivity contribution in [1.82, 2.24) is 9.55 Å². The molecule has 0 bridgehead atoms. The SMILES string of the molecule is COc1ccc(-n2c(SC)nc3sc4c(c3c2=O)C[C@H](C(C)C)OC4)cc1. The molecule has 0 spiro atoms. The summed E-state index contributed by atoms with van der Waals surface area (Å²) < 4.78 is 12.9. The van der Waals surface area contributed by atoms with Gasteiger partial charge in [0.15, 0.2) is 5.16 Å². The van der Waals surface area contributed by atoms with Gasteiger partial charge in [0.25, 0.3) is 5.56 Å². The fourth-order valence-corrected chi connectivity index (χ4v) is 5.16. The van der Waals surface area contributed by atoms with E-state index >= 15 is 0 Å². The Labute approximate surface area is 166 Å². The van der Waals surface area contributed by atoms with Crippen LogP contribution in [0.3, 0.4) is 0 Å². The molecule has 0 aliphatic carbocycles. The van der Waals surface area contributed by atoms with Gasteiger partial charge in [0.2, 0.25) is 0 Å². The van der Waals surface area contributed by atoms with Crippen LogP contribution in [0.15, 0.2) is 34.2 Å². The van der Waals surface area contributed by atoms with Crippen molar-refractivity contribution in [1.29, 1.82) is 0 Å². The van der Waals surface area contributed by atoms with E-state index in [9.17, 15) is 4.79 Å². The standard InChI is InChI=1S/C20H22N2O3S2/c1-11(2)15-9-14-16(10-25-15)27-18-17(14)19(23)22(20(21-18)26-4)12-5-7-13(24-3)8-6-12/h5-8,11,15H,9-10H2,1-4H3/t15-/m1/s1. The monoisotopic (exact) mass is 402 g/mol. The number of thiophene rings is 1. The number of ether oxygens (including phenoxy) is 2. The van der Waals surface area contributed by atoms with Crippen molar-refractivity contribution in [3.63, 3.8) is 0 Å². The summed E-state index contributed by atoms with van der Waals surface area (Å²) in [5.41, 5.74) is 1.91. The molecule has 2 aromatic heterocycles. The summed E-state index contributed by atoms with van der Waals surface area (Å²) in [7, 11) is 1.63. The molecule has 3 heterocycles. The third kappa shape index (κ3) is 3.17. The summed E-state index contributed by atoms with van der Waals surface area (Å²) in [6, 6.07) is 7.52. The van der Waals surface area contributed by atoms with Crippen molar-refractivity contribution >= 4 is 33.3 Å². The van der Waals surface area contributed by atoms with Gasteiger partial charge in [0.1, 0.15) is 10.6 Å². The molecule has 0 saturated heterocycles. The molecule has 1 atom stereocenters. The lowest BCUT2D eigenvalue weighted by molar-refractivity contribution is 0.00200. The number of rotatable bonds is 4. The predicted molar refractivity (Wildman–Crippen MR) is 111 cm³/mol. The normalized spacial score (nSPS) is 16.7. The van der Waals surface area contributed by atoms with Crippen molar-refractivity contribution in [3.05, 3.63) is 45.1 Å². The number of methoxy groups -OCH3 is 1. The topological polar surface area (TPSA) is 53.4 Å². The molecule has 0 unspecified atom stereocenters. The van der Waals surface area contributed by atoms with Crippen LogP contribution in [0, 0.1) is 5.92 Å². The first-order valence-electron chi connectivity index (χ1n) is 8.90. The summed E-state index contributed by atoms with van der Waals surface area (Å²) >= 11 is 3.06. The van der Waals surface area contributed by atoms with Gasteiger partial charge in [-0.25, -0.2) is 4.98 Å². The van der Waals surface area contributed by atoms with Crippen LogP contribution in [-0.2, 0) is 17.8 Å². The van der Waals surface area contributed by atoms with E-state index in [-0.39, 0.29) is 11.7 Å². The Kier molecular flexibility index (Phi) is 5.01. The summed E-state index contributed by atoms with van der Waals surface area (Å²) in [6.45, 7) is 4.88. The molecule has 0 radical (unpaired) electrons. The highest BCUT2D eigenvalue weighted by Gasteiger charge is 2.28. The van der Waals surface area contributed by atoms with E-state index in [1.165, 1.54) is 11.8 Å². The van der Waals surface area contributed by atoms with Crippen LogP contribution in [0.1, 0.15) is 24.3 Å². The molecular formula is C20H22N2O3S2. The van der Waals surface area contributed by atoms with Gasteiger partial charge >= 0.3 is 0 Å². The fraction of sp³-hybridized carbons (Fsp3) is 0.400. The highest BCUT2D eigenvalue weighted by atomic mass is 32.2. The van der Waals surface area contributed by atoms with Crippen LogP contribution in [0.5, 0.6) is 5.75 Å². The molecule has 1 aliphatic heterocycles. The van der Waals surface area contributed by atoms with Crippen LogP contribution in [0.2, 0.25) is 0 Å². The second-order valence-electron chi connectivity index (χ2n) is 6.92. The van der Waals surface area contributed by atoms with E-state index in [2.05, 4.69) is 13.8 Å². The third-order valence-electron chi connectivity index (χ3n) is 4.97. The highest BCUT2D eigenvalue weighted by Crippen LogP contribution is 2.36. The van der Waals surface area contributed by atoms with Crippen molar-refractivity contribution in [3.8, 4) is 11.4 Å². The molecular weight excluding hydrogens is 380 g/mol. The van der Waals surface area contributed by atoms with Crippen LogP contribution in [0.25, 0.3) is 15.9 Å². The highest BCUT2D eigenvalue weighted by molar-refractivity contribution is 7.98. The van der Waals surface area contributed by atoms with Crippen molar-refractivity contribution < 1.29 is 9.47 Å². The molecule has 3 aromatic rings. The maximum atomic E-state index is 13.5. The number of aromatic nitrogens is 2. The summed E-state index contributed by atoms with van der Waals surface area (Å²) in [5.74, 6) is 1.17. The minimum Gasteiger partial charge on any atom is -0.497 e. The van der Waals surface area contributed by atoms with Crippen LogP contribution < -0.4 is 10.3 Å². The molecule has 0 amide bonds. The second-order valence-corrected chi connectivity index (χ2v) is 8.78. The molecule has 27 heavy (non-hydrogen) atoms. The van der Waals surface area contributed by atoms with E-state index in [0.717, 1.165) is 38.5 Å². The zero-order valence-electron chi connectivity index (χ0n) is 15.8. The molecule has 0 saturated carbocycles. The predicted octanol–water partition coefficient (Wildman–Crippen LogP) is 4.28. The number of nitrogens with zero attached hydrogens (tertiary/aromatic N) is 2. The molecule has 1 aromatic carbocycles. The van der Waals surface area contributed by atoms with Gasteiger partial charge in [-0.15, -0.1) is 11.3 Å². The van der Waals surface area contributed by atoms with Crippen molar-refractivity contribution in [2.45, 2.75) is 38.1 Å². The molecule has 0 fully saturated rings. The van der Waals surface area contributed by atoms with Gasteiger partial charge in [0, 0.05) is 11.3 Å². The first-order valence-corrected chi connectivity index (χ1v) is 10.9. The van der Waals surface area contributed by atoms with Gasteiger partial charge in [0.05, 0.1) is 30.9 Å². The van der Waals surface area contributed by atoms with Gasteiger partial charge < -0.3 is 9.47 Å². The van der Waals surface area contributed by atoms with E-state index in [1.807, 2.05) is 30.5 Å². The van der Waals surface area contributed by atoms with Crippen LogP contribution in [-0.4, -0.2) is 29.0 Å². The molecule has 4 rings (SSSR count). The van der Waals surface area contributed by atoms with E-state index in [0.29, 0.717) is 17.7 Å². The average Bonchev–Trinajstić information content (AvgIpc) is 3.05. The van der Waals surface area contributed by atoms with Crippen molar-refractivity contribution in [2.24, 2.45) is 5.92 Å².